The number of imidazole rings is 1. The molecular formula is C30H37F2N5O2. The lowest BCUT2D eigenvalue weighted by atomic mass is 9.88. The molecule has 2 atom stereocenters. The summed E-state index contributed by atoms with van der Waals surface area (Å²) in [7, 11) is 0. The number of carbonyl (C=O) groups is 2. The number of hydrogen-bond acceptors (Lipinski definition) is 4. The number of amides is 2. The molecule has 2 heterocycles. The second-order valence-electron chi connectivity index (χ2n) is 11.2. The zero-order chi connectivity index (χ0) is 28.3. The third-order valence-corrected chi connectivity index (χ3v) is 7.60. The first-order valence-corrected chi connectivity index (χ1v) is 13.3. The lowest BCUT2D eigenvalue weighted by Gasteiger charge is -2.28. The number of hydrogen-bond donors (Lipinski definition) is 2. The zero-order valence-corrected chi connectivity index (χ0v) is 23.0. The number of carbonyl (C=O) groups excluding carboxylic acids is 2. The van der Waals surface area contributed by atoms with E-state index in [9.17, 15) is 18.4 Å². The van der Waals surface area contributed by atoms with Crippen LogP contribution in [0.4, 0.5) is 14.7 Å². The highest BCUT2D eigenvalue weighted by Gasteiger charge is 2.29. The number of aromatic nitrogens is 2. The first kappa shape index (κ1) is 28.4. The van der Waals surface area contributed by atoms with Gasteiger partial charge in [0.05, 0.1) is 17.1 Å². The molecule has 4 rings (SSSR count). The standard InChI is InChI=1S/C30H37F2N5O2/c1-6-26(38)36-15-7-8-23(36)18-37-25-14-9-20(17-33-19(2)30(3,4)5)16-24(25)34-29(37)35-28(39)22-12-10-21(11-13-22)27(31)32/h6,9-14,16,19,23,27,33H,1,7-8,15,17-18H2,2-5H3,(H,34,35,39). The maximum Gasteiger partial charge on any atom is 0.263 e. The molecule has 1 aliphatic heterocycles. The second-order valence-corrected chi connectivity index (χ2v) is 11.2. The second kappa shape index (κ2) is 11.7. The quantitative estimate of drug-likeness (QED) is 0.332. The number of nitrogens with zero attached hydrogens (tertiary/aromatic N) is 3. The van der Waals surface area contributed by atoms with Gasteiger partial charge in [0.1, 0.15) is 0 Å². The average molecular weight is 538 g/mol. The maximum absolute atomic E-state index is 13.1. The fourth-order valence-corrected chi connectivity index (χ4v) is 4.74. The van der Waals surface area contributed by atoms with Crippen LogP contribution < -0.4 is 10.6 Å². The van der Waals surface area contributed by atoms with Gasteiger partial charge in [-0.05, 0) is 61.1 Å². The predicted molar refractivity (Wildman–Crippen MR) is 150 cm³/mol. The Morgan fingerprint density at radius 3 is 2.54 bits per heavy atom. The van der Waals surface area contributed by atoms with Crippen LogP contribution in [0, 0.1) is 5.41 Å². The summed E-state index contributed by atoms with van der Waals surface area (Å²) in [6, 6.07) is 11.5. The molecule has 0 spiro atoms. The molecular weight excluding hydrogens is 500 g/mol. The van der Waals surface area contributed by atoms with Crippen LogP contribution in [0.15, 0.2) is 55.1 Å². The van der Waals surface area contributed by atoms with Crippen molar-refractivity contribution in [2.24, 2.45) is 5.41 Å². The Morgan fingerprint density at radius 2 is 1.90 bits per heavy atom. The highest BCUT2D eigenvalue weighted by molar-refractivity contribution is 6.04. The van der Waals surface area contributed by atoms with Gasteiger partial charge in [-0.15, -0.1) is 0 Å². The maximum atomic E-state index is 13.1. The first-order valence-electron chi connectivity index (χ1n) is 13.3. The van der Waals surface area contributed by atoms with Crippen LogP contribution in [0.1, 0.15) is 68.4 Å². The van der Waals surface area contributed by atoms with E-state index in [1.54, 1.807) is 4.90 Å². The van der Waals surface area contributed by atoms with E-state index in [1.165, 1.54) is 30.3 Å². The smallest absolute Gasteiger partial charge is 0.263 e. The van der Waals surface area contributed by atoms with Gasteiger partial charge in [-0.25, -0.2) is 13.8 Å². The van der Waals surface area contributed by atoms with Gasteiger partial charge in [0.15, 0.2) is 0 Å². The largest absolute Gasteiger partial charge is 0.334 e. The molecule has 2 unspecified atom stereocenters. The number of nitrogens with one attached hydrogen (secondary N) is 2. The summed E-state index contributed by atoms with van der Waals surface area (Å²) in [6.07, 6.45) is 0.438. The molecule has 0 bridgehead atoms. The molecule has 2 N–H and O–H groups in total. The van der Waals surface area contributed by atoms with Gasteiger partial charge in [0.25, 0.3) is 12.3 Å². The molecule has 1 aliphatic rings. The van der Waals surface area contributed by atoms with Gasteiger partial charge in [0.2, 0.25) is 11.9 Å². The van der Waals surface area contributed by atoms with Gasteiger partial charge in [-0.3, -0.25) is 14.9 Å². The Kier molecular flexibility index (Phi) is 8.49. The Hall–Kier alpha value is -3.59. The van der Waals surface area contributed by atoms with Crippen molar-refractivity contribution in [1.82, 2.24) is 19.8 Å². The fourth-order valence-electron chi connectivity index (χ4n) is 4.74. The molecule has 1 saturated heterocycles. The van der Waals surface area contributed by atoms with Crippen molar-refractivity contribution < 1.29 is 18.4 Å². The molecule has 3 aromatic rings. The van der Waals surface area contributed by atoms with Crippen molar-refractivity contribution in [3.8, 4) is 0 Å². The van der Waals surface area contributed by atoms with Gasteiger partial charge >= 0.3 is 0 Å². The molecule has 39 heavy (non-hydrogen) atoms. The van der Waals surface area contributed by atoms with Crippen LogP contribution >= 0.6 is 0 Å². The van der Waals surface area contributed by atoms with Crippen molar-refractivity contribution >= 4 is 28.8 Å². The third kappa shape index (κ3) is 6.53. The minimum Gasteiger partial charge on any atom is -0.334 e. The van der Waals surface area contributed by atoms with E-state index in [4.69, 9.17) is 4.98 Å². The van der Waals surface area contributed by atoms with Crippen LogP contribution in [-0.2, 0) is 17.9 Å². The Bertz CT molecular complexity index is 1340. The Balaban J connectivity index is 1.64. The topological polar surface area (TPSA) is 79.3 Å². The summed E-state index contributed by atoms with van der Waals surface area (Å²) < 4.78 is 27.9. The SMILES string of the molecule is C=CC(=O)N1CCCC1Cn1c(NC(=O)c2ccc(C(F)F)cc2)nc2cc(CNC(C)C(C)(C)C)ccc21. The molecule has 9 heteroatoms. The number of halogens is 2. The van der Waals surface area contributed by atoms with Gasteiger partial charge in [0, 0.05) is 36.8 Å². The molecule has 1 fully saturated rings. The molecule has 2 amide bonds. The first-order chi connectivity index (χ1) is 18.5. The number of rotatable bonds is 9. The lowest BCUT2D eigenvalue weighted by Crippen LogP contribution is -2.37. The van der Waals surface area contributed by atoms with Crippen molar-refractivity contribution in [2.45, 2.75) is 72.1 Å². The minimum absolute atomic E-state index is 0.0668. The molecule has 0 saturated carbocycles. The average Bonchev–Trinajstić information content (AvgIpc) is 3.50. The van der Waals surface area contributed by atoms with Crippen molar-refractivity contribution in [2.75, 3.05) is 11.9 Å². The molecule has 0 aliphatic carbocycles. The predicted octanol–water partition coefficient (Wildman–Crippen LogP) is 5.93. The summed E-state index contributed by atoms with van der Waals surface area (Å²) in [4.78, 5) is 32.1. The highest BCUT2D eigenvalue weighted by Crippen LogP contribution is 2.27. The molecule has 1 aromatic heterocycles. The number of anilines is 1. The summed E-state index contributed by atoms with van der Waals surface area (Å²) in [5.41, 5.74) is 2.85. The highest BCUT2D eigenvalue weighted by atomic mass is 19.3. The van der Waals surface area contributed by atoms with Crippen LogP contribution in [0.2, 0.25) is 0 Å². The summed E-state index contributed by atoms with van der Waals surface area (Å²) in [5, 5.41) is 6.44. The third-order valence-electron chi connectivity index (χ3n) is 7.60. The normalized spacial score (nSPS) is 16.6. The van der Waals surface area contributed by atoms with Crippen LogP contribution in [-0.4, -0.2) is 44.9 Å². The Labute approximate surface area is 228 Å². The molecule has 208 valence electrons. The number of fused-ring (bicyclic) bond motifs is 1. The van der Waals surface area contributed by atoms with E-state index in [-0.39, 0.29) is 28.5 Å². The zero-order valence-electron chi connectivity index (χ0n) is 23.0. The van der Waals surface area contributed by atoms with E-state index in [1.807, 2.05) is 22.8 Å². The number of alkyl halides is 2. The molecule has 2 aromatic carbocycles. The van der Waals surface area contributed by atoms with E-state index in [0.717, 1.165) is 29.4 Å². The number of likely N-dealkylation sites (tertiary alicyclic amines) is 1. The van der Waals surface area contributed by atoms with Crippen molar-refractivity contribution in [3.05, 3.63) is 71.8 Å². The van der Waals surface area contributed by atoms with Crippen LogP contribution in [0.5, 0.6) is 0 Å². The van der Waals surface area contributed by atoms with Crippen molar-refractivity contribution in [3.63, 3.8) is 0 Å². The number of benzene rings is 2. The lowest BCUT2D eigenvalue weighted by molar-refractivity contribution is -0.126. The van der Waals surface area contributed by atoms with Gasteiger partial charge in [-0.1, -0.05) is 45.5 Å². The monoisotopic (exact) mass is 537 g/mol. The minimum atomic E-state index is -2.60. The van der Waals surface area contributed by atoms with E-state index in [0.29, 0.717) is 31.6 Å². The molecule has 0 radical (unpaired) electrons. The summed E-state index contributed by atoms with van der Waals surface area (Å²) >= 11 is 0. The Morgan fingerprint density at radius 1 is 1.18 bits per heavy atom. The van der Waals surface area contributed by atoms with E-state index >= 15 is 0 Å². The fraction of sp³-hybridized carbons (Fsp3) is 0.433. The van der Waals surface area contributed by atoms with E-state index in [2.05, 4.69) is 44.9 Å². The summed E-state index contributed by atoms with van der Waals surface area (Å²) in [5.74, 6) is -0.217. The summed E-state index contributed by atoms with van der Waals surface area (Å²) in [6.45, 7) is 14.1. The van der Waals surface area contributed by atoms with Crippen LogP contribution in [0.3, 0.4) is 0 Å². The van der Waals surface area contributed by atoms with Gasteiger partial charge in [-0.2, -0.15) is 0 Å². The van der Waals surface area contributed by atoms with Crippen LogP contribution in [0.25, 0.3) is 11.0 Å². The van der Waals surface area contributed by atoms with E-state index < -0.39 is 12.3 Å². The molecule has 7 nitrogen and oxygen atoms in total. The van der Waals surface area contributed by atoms with Gasteiger partial charge < -0.3 is 14.8 Å². The van der Waals surface area contributed by atoms with Crippen molar-refractivity contribution in [1.29, 1.82) is 0 Å².